The number of hydrogen-bond acceptors (Lipinski definition) is 4. The van der Waals surface area contributed by atoms with Crippen molar-refractivity contribution in [2.75, 3.05) is 0 Å². The van der Waals surface area contributed by atoms with Gasteiger partial charge in [0.15, 0.2) is 0 Å². The fourth-order valence-electron chi connectivity index (χ4n) is 1.69. The van der Waals surface area contributed by atoms with Gasteiger partial charge < -0.3 is 4.52 Å². The lowest BCUT2D eigenvalue weighted by molar-refractivity contribution is 0.365. The molecular weight excluding hydrogens is 296 g/mol. The molecule has 3 rings (SSSR count). The summed E-state index contributed by atoms with van der Waals surface area (Å²) in [5.74, 6) is 1.41. The lowest BCUT2D eigenvalue weighted by Gasteiger charge is -1.97. The van der Waals surface area contributed by atoms with E-state index in [1.54, 1.807) is 6.20 Å². The number of halogens is 1. The minimum absolute atomic E-state index is 0.220. The first-order valence-electron chi connectivity index (χ1n) is 5.62. The van der Waals surface area contributed by atoms with E-state index in [2.05, 4.69) is 31.1 Å². The maximum absolute atomic E-state index is 5.22. The van der Waals surface area contributed by atoms with Gasteiger partial charge in [-0.25, -0.2) is 4.98 Å². The first kappa shape index (κ1) is 11.4. The molecule has 0 radical (unpaired) electrons. The van der Waals surface area contributed by atoms with Gasteiger partial charge in [0.2, 0.25) is 11.7 Å². The van der Waals surface area contributed by atoms with Crippen LogP contribution < -0.4 is 0 Å². The maximum Gasteiger partial charge on any atom is 0.229 e. The third-order valence-corrected chi connectivity index (χ3v) is 3.10. The first-order valence-corrected chi connectivity index (χ1v) is 6.41. The van der Waals surface area contributed by atoms with Crippen molar-refractivity contribution in [2.45, 2.75) is 19.8 Å². The van der Waals surface area contributed by atoms with Gasteiger partial charge in [0.05, 0.1) is 6.20 Å². The van der Waals surface area contributed by atoms with Crippen LogP contribution >= 0.6 is 15.9 Å². The van der Waals surface area contributed by atoms with Crippen molar-refractivity contribution in [3.63, 3.8) is 0 Å². The van der Waals surface area contributed by atoms with Crippen molar-refractivity contribution in [3.05, 3.63) is 34.9 Å². The lowest BCUT2D eigenvalue weighted by atomic mass is 10.2. The summed E-state index contributed by atoms with van der Waals surface area (Å²) in [6.07, 6.45) is 3.68. The topological polar surface area (TPSA) is 56.2 Å². The molecule has 0 atom stereocenters. The van der Waals surface area contributed by atoms with Crippen molar-refractivity contribution in [1.82, 2.24) is 19.5 Å². The van der Waals surface area contributed by atoms with E-state index in [0.29, 0.717) is 11.7 Å². The average molecular weight is 307 g/mol. The van der Waals surface area contributed by atoms with Crippen molar-refractivity contribution in [2.24, 2.45) is 0 Å². The molecule has 92 valence electrons. The molecular formula is C12H11BrN4O. The second-order valence-corrected chi connectivity index (χ2v) is 5.25. The molecule has 0 N–H and O–H groups in total. The monoisotopic (exact) mass is 306 g/mol. The predicted octanol–water partition coefficient (Wildman–Crippen LogP) is 3.27. The van der Waals surface area contributed by atoms with Crippen LogP contribution in [0.25, 0.3) is 17.2 Å². The molecule has 0 unspecified atom stereocenters. The van der Waals surface area contributed by atoms with Crippen LogP contribution in [0.15, 0.2) is 33.5 Å². The summed E-state index contributed by atoms with van der Waals surface area (Å²) in [5, 5.41) is 4.00. The maximum atomic E-state index is 5.22. The van der Waals surface area contributed by atoms with Crippen molar-refractivity contribution in [3.8, 4) is 11.5 Å². The van der Waals surface area contributed by atoms with Gasteiger partial charge in [0.1, 0.15) is 11.3 Å². The number of hydrogen-bond donors (Lipinski definition) is 0. The highest BCUT2D eigenvalue weighted by atomic mass is 79.9. The van der Waals surface area contributed by atoms with Crippen molar-refractivity contribution < 1.29 is 4.52 Å². The summed E-state index contributed by atoms with van der Waals surface area (Å²) < 4.78 is 8.12. The van der Waals surface area contributed by atoms with Crippen LogP contribution in [-0.4, -0.2) is 19.5 Å². The normalized spacial score (nSPS) is 11.6. The molecule has 6 heteroatoms. The van der Waals surface area contributed by atoms with E-state index in [0.717, 1.165) is 15.8 Å². The van der Waals surface area contributed by atoms with E-state index < -0.39 is 0 Å². The fraction of sp³-hybridized carbons (Fsp3) is 0.250. The second kappa shape index (κ2) is 4.20. The number of imidazole rings is 1. The van der Waals surface area contributed by atoms with E-state index in [1.165, 1.54) is 0 Å². The smallest absolute Gasteiger partial charge is 0.229 e. The standard InChI is InChI=1S/C12H11BrN4O/c1-7(2)12-15-11(16-18-12)9-5-14-10-4-3-8(13)6-17(9)10/h3-7H,1-2H3. The fourth-order valence-corrected chi connectivity index (χ4v) is 2.03. The van der Waals surface area contributed by atoms with E-state index in [9.17, 15) is 0 Å². The highest BCUT2D eigenvalue weighted by molar-refractivity contribution is 9.10. The molecule has 0 aliphatic heterocycles. The molecule has 3 aromatic heterocycles. The zero-order valence-electron chi connectivity index (χ0n) is 9.96. The predicted molar refractivity (Wildman–Crippen MR) is 70.3 cm³/mol. The van der Waals surface area contributed by atoms with Gasteiger partial charge in [-0.15, -0.1) is 0 Å². The molecule has 0 spiro atoms. The molecule has 0 saturated heterocycles. The first-order chi connectivity index (χ1) is 8.65. The van der Waals surface area contributed by atoms with Gasteiger partial charge >= 0.3 is 0 Å². The number of fused-ring (bicyclic) bond motifs is 1. The molecule has 0 fully saturated rings. The van der Waals surface area contributed by atoms with Crippen LogP contribution in [0.5, 0.6) is 0 Å². The molecule has 3 aromatic rings. The number of aromatic nitrogens is 4. The second-order valence-electron chi connectivity index (χ2n) is 4.33. The van der Waals surface area contributed by atoms with Gasteiger partial charge in [-0.05, 0) is 28.1 Å². The molecule has 0 aliphatic carbocycles. The van der Waals surface area contributed by atoms with Gasteiger partial charge in [-0.2, -0.15) is 4.98 Å². The van der Waals surface area contributed by atoms with Gasteiger partial charge in [0.25, 0.3) is 0 Å². The minimum Gasteiger partial charge on any atom is -0.339 e. The van der Waals surface area contributed by atoms with Crippen molar-refractivity contribution in [1.29, 1.82) is 0 Å². The van der Waals surface area contributed by atoms with Crippen LogP contribution in [0.4, 0.5) is 0 Å². The number of pyridine rings is 1. The van der Waals surface area contributed by atoms with E-state index in [1.807, 2.05) is 36.6 Å². The van der Waals surface area contributed by atoms with E-state index in [4.69, 9.17) is 4.52 Å². The van der Waals surface area contributed by atoms with Crippen LogP contribution in [-0.2, 0) is 0 Å². The van der Waals surface area contributed by atoms with E-state index >= 15 is 0 Å². The lowest BCUT2D eigenvalue weighted by Crippen LogP contribution is -1.91. The average Bonchev–Trinajstić information content (AvgIpc) is 2.93. The molecule has 0 aromatic carbocycles. The highest BCUT2D eigenvalue weighted by Crippen LogP contribution is 2.22. The van der Waals surface area contributed by atoms with Crippen LogP contribution in [0.1, 0.15) is 25.7 Å². The Morgan fingerprint density at radius 2 is 2.17 bits per heavy atom. The molecule has 0 bridgehead atoms. The third kappa shape index (κ3) is 1.82. The Morgan fingerprint density at radius 1 is 1.33 bits per heavy atom. The summed E-state index contributed by atoms with van der Waals surface area (Å²) in [5.41, 5.74) is 1.67. The summed E-state index contributed by atoms with van der Waals surface area (Å²) in [6.45, 7) is 4.03. The van der Waals surface area contributed by atoms with Gasteiger partial charge in [-0.1, -0.05) is 19.0 Å². The van der Waals surface area contributed by atoms with E-state index in [-0.39, 0.29) is 5.92 Å². The largest absolute Gasteiger partial charge is 0.339 e. The van der Waals surface area contributed by atoms with Crippen molar-refractivity contribution >= 4 is 21.6 Å². The van der Waals surface area contributed by atoms with Gasteiger partial charge in [0, 0.05) is 16.6 Å². The zero-order chi connectivity index (χ0) is 12.7. The SMILES string of the molecule is CC(C)c1nc(-c2cnc3ccc(Br)cn23)no1. The molecule has 18 heavy (non-hydrogen) atoms. The number of nitrogens with zero attached hydrogens (tertiary/aromatic N) is 4. The summed E-state index contributed by atoms with van der Waals surface area (Å²) >= 11 is 3.44. The quantitative estimate of drug-likeness (QED) is 0.729. The molecule has 0 saturated carbocycles. The Bertz CT molecular complexity index is 701. The molecule has 3 heterocycles. The minimum atomic E-state index is 0.220. The highest BCUT2D eigenvalue weighted by Gasteiger charge is 2.15. The van der Waals surface area contributed by atoms with Gasteiger partial charge in [-0.3, -0.25) is 4.40 Å². The summed E-state index contributed by atoms with van der Waals surface area (Å²) in [4.78, 5) is 8.69. The Kier molecular flexibility index (Phi) is 2.66. The Morgan fingerprint density at radius 3 is 2.89 bits per heavy atom. The zero-order valence-corrected chi connectivity index (χ0v) is 11.5. The number of rotatable bonds is 2. The van der Waals surface area contributed by atoms with Crippen LogP contribution in [0.3, 0.4) is 0 Å². The van der Waals surface area contributed by atoms with Crippen LogP contribution in [0, 0.1) is 0 Å². The Labute approximate surface area is 112 Å². The molecule has 0 aliphatic rings. The Hall–Kier alpha value is -1.69. The molecule has 0 amide bonds. The van der Waals surface area contributed by atoms with Crippen LogP contribution in [0.2, 0.25) is 0 Å². The summed E-state index contributed by atoms with van der Waals surface area (Å²) in [7, 11) is 0. The Balaban J connectivity index is 2.15. The third-order valence-electron chi connectivity index (χ3n) is 2.63. The molecule has 5 nitrogen and oxygen atoms in total. The summed E-state index contributed by atoms with van der Waals surface area (Å²) in [6, 6.07) is 3.87.